The fourth-order valence-electron chi connectivity index (χ4n) is 2.61. The molecule has 2 amide bonds. The van der Waals surface area contributed by atoms with E-state index in [2.05, 4.69) is 5.32 Å². The molecule has 0 aliphatic heterocycles. The zero-order valence-corrected chi connectivity index (χ0v) is 15.0. The second-order valence-corrected chi connectivity index (χ2v) is 6.47. The van der Waals surface area contributed by atoms with Gasteiger partial charge in [0, 0.05) is 13.6 Å². The molecule has 0 aromatic heterocycles. The second-order valence-electron chi connectivity index (χ2n) is 6.47. The molecule has 1 atom stereocenters. The third-order valence-corrected chi connectivity index (χ3v) is 4.05. The minimum atomic E-state index is -0.963. The zero-order chi connectivity index (χ0) is 19.3. The van der Waals surface area contributed by atoms with Gasteiger partial charge in [0.1, 0.15) is 23.2 Å². The van der Waals surface area contributed by atoms with Crippen molar-refractivity contribution in [3.05, 3.63) is 71.3 Å². The number of benzene rings is 2. The highest BCUT2D eigenvalue weighted by Crippen LogP contribution is 2.14. The Bertz CT molecular complexity index is 758. The zero-order valence-electron chi connectivity index (χ0n) is 15.0. The summed E-state index contributed by atoms with van der Waals surface area (Å²) in [6.45, 7) is 3.89. The lowest BCUT2D eigenvalue weighted by Gasteiger charge is -2.27. The van der Waals surface area contributed by atoms with Crippen LogP contribution in [-0.2, 0) is 11.3 Å². The summed E-state index contributed by atoms with van der Waals surface area (Å²) in [6, 6.07) is 11.7. The molecule has 4 nitrogen and oxygen atoms in total. The summed E-state index contributed by atoms with van der Waals surface area (Å²) >= 11 is 0. The molecule has 2 aromatic carbocycles. The topological polar surface area (TPSA) is 49.4 Å². The summed E-state index contributed by atoms with van der Waals surface area (Å²) in [5.74, 6) is -3.44. The van der Waals surface area contributed by atoms with E-state index in [1.54, 1.807) is 20.9 Å². The molecule has 0 aliphatic rings. The smallest absolute Gasteiger partial charge is 0.257 e. The second kappa shape index (κ2) is 8.56. The van der Waals surface area contributed by atoms with Crippen LogP contribution in [0.3, 0.4) is 0 Å². The predicted octanol–water partition coefficient (Wildman–Crippen LogP) is 3.38. The van der Waals surface area contributed by atoms with Gasteiger partial charge in [0.25, 0.3) is 5.91 Å². The number of carbonyl (C=O) groups excluding carboxylic acids is 2. The van der Waals surface area contributed by atoms with E-state index in [-0.39, 0.29) is 11.8 Å². The molecule has 0 radical (unpaired) electrons. The average molecular weight is 360 g/mol. The average Bonchev–Trinajstić information content (AvgIpc) is 2.59. The monoisotopic (exact) mass is 360 g/mol. The summed E-state index contributed by atoms with van der Waals surface area (Å²) in [4.78, 5) is 26.6. The van der Waals surface area contributed by atoms with Crippen molar-refractivity contribution in [1.29, 1.82) is 0 Å². The summed E-state index contributed by atoms with van der Waals surface area (Å²) in [7, 11) is 1.63. The fourth-order valence-corrected chi connectivity index (χ4v) is 2.61. The van der Waals surface area contributed by atoms with Crippen molar-refractivity contribution in [2.75, 3.05) is 7.05 Å². The van der Waals surface area contributed by atoms with Gasteiger partial charge in [0.05, 0.1) is 0 Å². The van der Waals surface area contributed by atoms with Gasteiger partial charge in [0.15, 0.2) is 0 Å². The number of nitrogens with zero attached hydrogens (tertiary/aromatic N) is 1. The molecule has 0 fully saturated rings. The van der Waals surface area contributed by atoms with E-state index in [0.29, 0.717) is 6.54 Å². The molecular formula is C20H22F2N2O2. The van der Waals surface area contributed by atoms with Crippen LogP contribution < -0.4 is 5.32 Å². The Morgan fingerprint density at radius 3 is 2.12 bits per heavy atom. The number of hydrogen-bond donors (Lipinski definition) is 1. The first kappa shape index (κ1) is 19.6. The number of carbonyl (C=O) groups is 2. The maximum Gasteiger partial charge on any atom is 0.257 e. The fraction of sp³-hybridized carbons (Fsp3) is 0.300. The lowest BCUT2D eigenvalue weighted by atomic mass is 10.0. The van der Waals surface area contributed by atoms with E-state index in [4.69, 9.17) is 0 Å². The molecule has 1 N–H and O–H groups in total. The minimum absolute atomic E-state index is 0.250. The lowest BCUT2D eigenvalue weighted by molar-refractivity contribution is -0.133. The van der Waals surface area contributed by atoms with Gasteiger partial charge in [-0.05, 0) is 23.6 Å². The van der Waals surface area contributed by atoms with Gasteiger partial charge in [-0.25, -0.2) is 8.78 Å². The van der Waals surface area contributed by atoms with Crippen LogP contribution >= 0.6 is 0 Å². The number of likely N-dealkylation sites (N-methyl/N-ethyl adjacent to an activating group) is 1. The van der Waals surface area contributed by atoms with Gasteiger partial charge in [-0.15, -0.1) is 0 Å². The molecule has 0 saturated carbocycles. The Labute approximate surface area is 151 Å². The van der Waals surface area contributed by atoms with Crippen molar-refractivity contribution < 1.29 is 18.4 Å². The summed E-state index contributed by atoms with van der Waals surface area (Å²) in [5.41, 5.74) is 0.258. The number of amides is 2. The van der Waals surface area contributed by atoms with Crippen LogP contribution in [0.1, 0.15) is 29.8 Å². The van der Waals surface area contributed by atoms with E-state index in [1.165, 1.54) is 11.0 Å². The van der Waals surface area contributed by atoms with Crippen LogP contribution in [0, 0.1) is 17.6 Å². The third kappa shape index (κ3) is 4.65. The molecule has 0 saturated heterocycles. The molecule has 26 heavy (non-hydrogen) atoms. The van der Waals surface area contributed by atoms with E-state index < -0.39 is 29.1 Å². The Kier molecular flexibility index (Phi) is 6.44. The molecule has 0 aliphatic carbocycles. The highest BCUT2D eigenvalue weighted by molar-refractivity contribution is 5.98. The number of halogens is 2. The van der Waals surface area contributed by atoms with E-state index >= 15 is 0 Å². The molecular weight excluding hydrogens is 338 g/mol. The molecule has 2 rings (SSSR count). The third-order valence-electron chi connectivity index (χ3n) is 4.05. The minimum Gasteiger partial charge on any atom is -0.340 e. The van der Waals surface area contributed by atoms with Crippen LogP contribution in [0.2, 0.25) is 0 Å². The first-order chi connectivity index (χ1) is 12.3. The molecule has 1 unspecified atom stereocenters. The molecule has 2 aromatic rings. The number of nitrogens with one attached hydrogen (secondary N) is 1. The molecule has 0 heterocycles. The highest BCUT2D eigenvalue weighted by atomic mass is 19.1. The Hall–Kier alpha value is -2.76. The summed E-state index contributed by atoms with van der Waals surface area (Å²) < 4.78 is 27.6. The SMILES string of the molecule is CC(C)C(NC(=O)c1c(F)cccc1F)C(=O)N(C)Cc1ccccc1. The Morgan fingerprint density at radius 2 is 1.58 bits per heavy atom. The van der Waals surface area contributed by atoms with Crippen molar-refractivity contribution >= 4 is 11.8 Å². The largest absolute Gasteiger partial charge is 0.340 e. The summed E-state index contributed by atoms with van der Waals surface area (Å²) in [6.07, 6.45) is 0. The number of rotatable bonds is 6. The van der Waals surface area contributed by atoms with Crippen LogP contribution in [0.5, 0.6) is 0 Å². The Morgan fingerprint density at radius 1 is 1.00 bits per heavy atom. The van der Waals surface area contributed by atoms with E-state index in [1.807, 2.05) is 30.3 Å². The van der Waals surface area contributed by atoms with Crippen LogP contribution in [0.15, 0.2) is 48.5 Å². The number of hydrogen-bond acceptors (Lipinski definition) is 2. The molecule has 0 spiro atoms. The van der Waals surface area contributed by atoms with Crippen LogP contribution in [-0.4, -0.2) is 29.8 Å². The summed E-state index contributed by atoms with van der Waals surface area (Å²) in [5, 5.41) is 2.47. The van der Waals surface area contributed by atoms with Crippen LogP contribution in [0.25, 0.3) is 0 Å². The molecule has 0 bridgehead atoms. The van der Waals surface area contributed by atoms with Gasteiger partial charge in [0.2, 0.25) is 5.91 Å². The first-order valence-corrected chi connectivity index (χ1v) is 8.35. The quantitative estimate of drug-likeness (QED) is 0.859. The lowest BCUT2D eigenvalue weighted by Crippen LogP contribution is -2.50. The van der Waals surface area contributed by atoms with Crippen molar-refractivity contribution in [2.45, 2.75) is 26.4 Å². The maximum atomic E-state index is 13.8. The predicted molar refractivity (Wildman–Crippen MR) is 95.4 cm³/mol. The first-order valence-electron chi connectivity index (χ1n) is 8.35. The molecule has 6 heteroatoms. The van der Waals surface area contributed by atoms with E-state index in [9.17, 15) is 18.4 Å². The van der Waals surface area contributed by atoms with Gasteiger partial charge >= 0.3 is 0 Å². The van der Waals surface area contributed by atoms with Gasteiger partial charge in [-0.3, -0.25) is 9.59 Å². The van der Waals surface area contributed by atoms with Crippen molar-refractivity contribution in [2.24, 2.45) is 5.92 Å². The standard InChI is InChI=1S/C20H22F2N2O2/c1-13(2)18(20(26)24(3)12-14-8-5-4-6-9-14)23-19(25)17-15(21)10-7-11-16(17)22/h4-11,13,18H,12H2,1-3H3,(H,23,25). The van der Waals surface area contributed by atoms with Crippen molar-refractivity contribution in [1.82, 2.24) is 10.2 Å². The highest BCUT2D eigenvalue weighted by Gasteiger charge is 2.29. The van der Waals surface area contributed by atoms with Crippen molar-refractivity contribution in [3.63, 3.8) is 0 Å². The van der Waals surface area contributed by atoms with Gasteiger partial charge in [-0.1, -0.05) is 50.2 Å². The van der Waals surface area contributed by atoms with Crippen molar-refractivity contribution in [3.8, 4) is 0 Å². The normalized spacial score (nSPS) is 11.9. The van der Waals surface area contributed by atoms with Crippen LogP contribution in [0.4, 0.5) is 8.78 Å². The van der Waals surface area contributed by atoms with Gasteiger partial charge < -0.3 is 10.2 Å². The molecule has 138 valence electrons. The van der Waals surface area contributed by atoms with E-state index in [0.717, 1.165) is 17.7 Å². The van der Waals surface area contributed by atoms with Gasteiger partial charge in [-0.2, -0.15) is 0 Å². The Balaban J connectivity index is 2.15. The maximum absolute atomic E-state index is 13.8.